The lowest BCUT2D eigenvalue weighted by atomic mass is 10.1. The van der Waals surface area contributed by atoms with Crippen molar-refractivity contribution in [3.63, 3.8) is 0 Å². The highest BCUT2D eigenvalue weighted by Gasteiger charge is 2.06. The van der Waals surface area contributed by atoms with Crippen LogP contribution in [0.1, 0.15) is 64.2 Å². The summed E-state index contributed by atoms with van der Waals surface area (Å²) in [7, 11) is 1.45. The van der Waals surface area contributed by atoms with Crippen LogP contribution in [0, 0.1) is 0 Å². The Morgan fingerprint density at radius 1 is 1.00 bits per heavy atom. The molecule has 2 aromatic heterocycles. The minimum absolute atomic E-state index is 0.0899. The van der Waals surface area contributed by atoms with Crippen LogP contribution >= 0.6 is 11.8 Å². The highest BCUT2D eigenvalue weighted by atomic mass is 32.2. The number of aromatic nitrogens is 4. The van der Waals surface area contributed by atoms with Crippen molar-refractivity contribution < 1.29 is 9.53 Å². The topological polar surface area (TPSA) is 80.8 Å². The van der Waals surface area contributed by atoms with Gasteiger partial charge in [0.2, 0.25) is 0 Å². The third kappa shape index (κ3) is 7.42. The molecule has 25 heavy (non-hydrogen) atoms. The van der Waals surface area contributed by atoms with Gasteiger partial charge >= 0.3 is 5.97 Å². The van der Waals surface area contributed by atoms with Crippen LogP contribution in [-0.4, -0.2) is 38.8 Å². The van der Waals surface area contributed by atoms with Gasteiger partial charge in [-0.25, -0.2) is 15.0 Å². The lowest BCUT2D eigenvalue weighted by Crippen LogP contribution is -1.99. The molecule has 0 aliphatic carbocycles. The lowest BCUT2D eigenvalue weighted by molar-refractivity contribution is -0.140. The smallest absolute Gasteiger partial charge is 0.305 e. The Labute approximate surface area is 153 Å². The van der Waals surface area contributed by atoms with Crippen LogP contribution in [0.25, 0.3) is 11.2 Å². The number of imidazole rings is 1. The molecule has 0 amide bonds. The molecular formula is C18H28N4O2S. The minimum atomic E-state index is -0.0899. The average Bonchev–Trinajstić information content (AvgIpc) is 3.11. The van der Waals surface area contributed by atoms with E-state index < -0.39 is 0 Å². The second-order valence-corrected chi connectivity index (χ2v) is 7.22. The van der Waals surface area contributed by atoms with Crippen molar-refractivity contribution >= 4 is 28.9 Å². The second kappa shape index (κ2) is 11.8. The van der Waals surface area contributed by atoms with Gasteiger partial charge in [-0.2, -0.15) is 0 Å². The number of fused-ring (bicyclic) bond motifs is 1. The van der Waals surface area contributed by atoms with Crippen molar-refractivity contribution in [2.75, 3.05) is 12.9 Å². The quantitative estimate of drug-likeness (QED) is 0.244. The molecule has 0 saturated heterocycles. The molecule has 0 saturated carbocycles. The number of nitrogens with zero attached hydrogens (tertiary/aromatic N) is 3. The Balaban J connectivity index is 1.41. The lowest BCUT2D eigenvalue weighted by Gasteiger charge is -2.03. The number of carbonyl (C=O) groups excluding carboxylic acids is 1. The van der Waals surface area contributed by atoms with Crippen molar-refractivity contribution in [3.8, 4) is 0 Å². The van der Waals surface area contributed by atoms with E-state index in [1.54, 1.807) is 24.4 Å². The monoisotopic (exact) mass is 364 g/mol. The van der Waals surface area contributed by atoms with Crippen LogP contribution in [0.15, 0.2) is 17.7 Å². The number of nitrogens with one attached hydrogen (secondary N) is 1. The number of unbranched alkanes of at least 4 members (excludes halogenated alkanes) is 8. The van der Waals surface area contributed by atoms with Crippen molar-refractivity contribution in [2.24, 2.45) is 0 Å². The molecule has 0 unspecified atom stereocenters. The van der Waals surface area contributed by atoms with E-state index in [0.29, 0.717) is 6.42 Å². The van der Waals surface area contributed by atoms with E-state index in [4.69, 9.17) is 0 Å². The molecule has 0 bridgehead atoms. The first-order valence-electron chi connectivity index (χ1n) is 9.15. The fourth-order valence-corrected chi connectivity index (χ4v) is 3.68. The first-order chi connectivity index (χ1) is 12.3. The zero-order chi connectivity index (χ0) is 17.7. The molecular weight excluding hydrogens is 336 g/mol. The first-order valence-corrected chi connectivity index (χ1v) is 10.1. The number of hydrogen-bond acceptors (Lipinski definition) is 6. The van der Waals surface area contributed by atoms with Gasteiger partial charge < -0.3 is 9.72 Å². The van der Waals surface area contributed by atoms with Gasteiger partial charge in [0.05, 0.1) is 13.4 Å². The largest absolute Gasteiger partial charge is 0.469 e. The Kier molecular flexibility index (Phi) is 9.33. The van der Waals surface area contributed by atoms with Crippen LogP contribution in [-0.2, 0) is 9.53 Å². The van der Waals surface area contributed by atoms with Gasteiger partial charge in [0.1, 0.15) is 16.9 Å². The number of rotatable bonds is 13. The number of thioether (sulfide) groups is 1. The standard InChI is InChI=1S/C18H28N4O2S/c1-24-15(23)11-9-7-5-3-2-4-6-8-10-12-25-18-16-17(20-13-19-16)21-14-22-18/h13-14H,2-12H2,1H3,(H,19,20,21,22). The number of esters is 1. The highest BCUT2D eigenvalue weighted by Crippen LogP contribution is 2.23. The third-order valence-electron chi connectivity index (χ3n) is 4.18. The normalized spacial score (nSPS) is 11.1. The van der Waals surface area contributed by atoms with E-state index in [9.17, 15) is 4.79 Å². The maximum Gasteiger partial charge on any atom is 0.305 e. The van der Waals surface area contributed by atoms with E-state index in [-0.39, 0.29) is 5.97 Å². The molecule has 0 aliphatic rings. The summed E-state index contributed by atoms with van der Waals surface area (Å²) in [6.45, 7) is 0. The summed E-state index contributed by atoms with van der Waals surface area (Å²) in [5.41, 5.74) is 1.68. The van der Waals surface area contributed by atoms with Gasteiger partial charge in [-0.3, -0.25) is 4.79 Å². The maximum absolute atomic E-state index is 11.0. The molecule has 0 radical (unpaired) electrons. The molecule has 0 spiro atoms. The summed E-state index contributed by atoms with van der Waals surface area (Å²) in [4.78, 5) is 26.7. The van der Waals surface area contributed by atoms with E-state index in [0.717, 1.165) is 34.8 Å². The molecule has 1 N–H and O–H groups in total. The van der Waals surface area contributed by atoms with Crippen LogP contribution in [0.2, 0.25) is 0 Å². The molecule has 138 valence electrons. The number of hydrogen-bond donors (Lipinski definition) is 1. The van der Waals surface area contributed by atoms with Crippen LogP contribution in [0.4, 0.5) is 0 Å². The van der Waals surface area contributed by atoms with Crippen molar-refractivity contribution in [1.29, 1.82) is 0 Å². The molecule has 6 nitrogen and oxygen atoms in total. The molecule has 0 atom stereocenters. The zero-order valence-electron chi connectivity index (χ0n) is 15.0. The summed E-state index contributed by atoms with van der Waals surface area (Å²) in [5.74, 6) is 0.986. The second-order valence-electron chi connectivity index (χ2n) is 6.14. The highest BCUT2D eigenvalue weighted by molar-refractivity contribution is 7.99. The van der Waals surface area contributed by atoms with Crippen LogP contribution < -0.4 is 0 Å². The van der Waals surface area contributed by atoms with Crippen LogP contribution in [0.5, 0.6) is 0 Å². The Morgan fingerprint density at radius 2 is 1.68 bits per heavy atom. The fraction of sp³-hybridized carbons (Fsp3) is 0.667. The van der Waals surface area contributed by atoms with E-state index in [1.807, 2.05) is 0 Å². The predicted octanol–water partition coefficient (Wildman–Crippen LogP) is 4.52. The SMILES string of the molecule is COC(=O)CCCCCCCCCCCSc1ncnc2[nH]cnc12. The fourth-order valence-electron chi connectivity index (χ4n) is 2.73. The zero-order valence-corrected chi connectivity index (χ0v) is 15.8. The molecule has 2 aromatic rings. The number of aromatic amines is 1. The van der Waals surface area contributed by atoms with Gasteiger partial charge in [0.25, 0.3) is 0 Å². The van der Waals surface area contributed by atoms with Crippen molar-refractivity contribution in [2.45, 2.75) is 69.2 Å². The summed E-state index contributed by atoms with van der Waals surface area (Å²) >= 11 is 1.76. The van der Waals surface area contributed by atoms with E-state index in [2.05, 4.69) is 24.7 Å². The summed E-state index contributed by atoms with van der Waals surface area (Å²) < 4.78 is 4.63. The third-order valence-corrected chi connectivity index (χ3v) is 5.24. The number of ether oxygens (including phenoxy) is 1. The average molecular weight is 365 g/mol. The predicted molar refractivity (Wildman–Crippen MR) is 101 cm³/mol. The summed E-state index contributed by atoms with van der Waals surface area (Å²) in [5, 5.41) is 0.971. The van der Waals surface area contributed by atoms with Crippen molar-refractivity contribution in [3.05, 3.63) is 12.7 Å². The van der Waals surface area contributed by atoms with Gasteiger partial charge in [-0.1, -0.05) is 44.9 Å². The minimum Gasteiger partial charge on any atom is -0.469 e. The van der Waals surface area contributed by atoms with E-state index in [1.165, 1.54) is 52.1 Å². The summed E-state index contributed by atoms with van der Waals surface area (Å²) in [6, 6.07) is 0. The molecule has 0 aromatic carbocycles. The van der Waals surface area contributed by atoms with Gasteiger partial charge in [-0.05, 0) is 18.6 Å². The Morgan fingerprint density at radius 3 is 2.40 bits per heavy atom. The molecule has 2 heterocycles. The molecule has 0 aliphatic heterocycles. The Hall–Kier alpha value is -1.63. The van der Waals surface area contributed by atoms with Gasteiger partial charge in [0, 0.05) is 6.42 Å². The van der Waals surface area contributed by atoms with Crippen LogP contribution in [0.3, 0.4) is 0 Å². The molecule has 0 fully saturated rings. The van der Waals surface area contributed by atoms with Crippen molar-refractivity contribution in [1.82, 2.24) is 19.9 Å². The summed E-state index contributed by atoms with van der Waals surface area (Å²) in [6.07, 6.45) is 14.8. The van der Waals surface area contributed by atoms with Gasteiger partial charge in [-0.15, -0.1) is 11.8 Å². The number of carbonyl (C=O) groups is 1. The van der Waals surface area contributed by atoms with E-state index >= 15 is 0 Å². The maximum atomic E-state index is 11.0. The number of H-pyrrole nitrogens is 1. The molecule has 7 heteroatoms. The molecule has 2 rings (SSSR count). The van der Waals surface area contributed by atoms with Gasteiger partial charge in [0.15, 0.2) is 5.65 Å². The number of methoxy groups -OCH3 is 1. The first kappa shape index (κ1) is 19.7. The Bertz CT molecular complexity index is 632.